The molecule has 1 heteroatoms. The highest BCUT2D eigenvalue weighted by Crippen LogP contribution is 2.31. The average Bonchev–Trinajstić information content (AvgIpc) is 2.44. The van der Waals surface area contributed by atoms with Gasteiger partial charge in [-0.1, -0.05) is 36.8 Å². The maximum absolute atomic E-state index is 2.45. The Hall–Kier alpha value is -1.76. The number of rotatable bonds is 5. The van der Waals surface area contributed by atoms with Gasteiger partial charge >= 0.3 is 0 Å². The van der Waals surface area contributed by atoms with Crippen LogP contribution in [0.3, 0.4) is 0 Å². The lowest BCUT2D eigenvalue weighted by Gasteiger charge is -2.23. The van der Waals surface area contributed by atoms with E-state index in [-0.39, 0.29) is 0 Å². The molecule has 0 saturated heterocycles. The molecule has 21 heavy (non-hydrogen) atoms. The van der Waals surface area contributed by atoms with Crippen LogP contribution in [0.5, 0.6) is 0 Å². The van der Waals surface area contributed by atoms with E-state index in [9.17, 15) is 0 Å². The first-order valence-corrected chi connectivity index (χ1v) is 8.00. The summed E-state index contributed by atoms with van der Waals surface area (Å²) in [5.41, 5.74) is 8.11. The van der Waals surface area contributed by atoms with E-state index in [2.05, 4.69) is 75.9 Å². The quantitative estimate of drug-likeness (QED) is 0.698. The van der Waals surface area contributed by atoms with Gasteiger partial charge in [-0.15, -0.1) is 0 Å². The lowest BCUT2D eigenvalue weighted by Crippen LogP contribution is -2.23. The monoisotopic (exact) mass is 281 g/mol. The zero-order chi connectivity index (χ0) is 15.4. The summed E-state index contributed by atoms with van der Waals surface area (Å²) in [5.74, 6) is 0. The second-order valence-corrected chi connectivity index (χ2v) is 5.90. The molecule has 0 N–H and O–H groups in total. The third-order valence-corrected chi connectivity index (χ3v) is 4.05. The zero-order valence-corrected chi connectivity index (χ0v) is 14.0. The van der Waals surface area contributed by atoms with Crippen LogP contribution in [0.25, 0.3) is 11.1 Å². The van der Waals surface area contributed by atoms with Crippen LogP contribution in [0.1, 0.15) is 37.0 Å². The fourth-order valence-electron chi connectivity index (χ4n) is 3.23. The number of hydrogen-bond acceptors (Lipinski definition) is 1. The molecule has 0 aromatic heterocycles. The van der Waals surface area contributed by atoms with Crippen molar-refractivity contribution in [2.24, 2.45) is 0 Å². The molecule has 0 unspecified atom stereocenters. The predicted molar refractivity (Wildman–Crippen MR) is 94.3 cm³/mol. The van der Waals surface area contributed by atoms with Gasteiger partial charge in [0.1, 0.15) is 0 Å². The largest absolute Gasteiger partial charge is 0.372 e. The van der Waals surface area contributed by atoms with Crippen LogP contribution in [-0.2, 0) is 0 Å². The molecule has 0 heterocycles. The van der Waals surface area contributed by atoms with Gasteiger partial charge in [-0.3, -0.25) is 0 Å². The third kappa shape index (κ3) is 3.47. The molecule has 0 spiro atoms. The summed E-state index contributed by atoms with van der Waals surface area (Å²) in [6, 6.07) is 13.5. The summed E-state index contributed by atoms with van der Waals surface area (Å²) in [6.07, 6.45) is 1.18. The number of benzene rings is 2. The van der Waals surface area contributed by atoms with Gasteiger partial charge in [0.25, 0.3) is 0 Å². The van der Waals surface area contributed by atoms with Crippen LogP contribution >= 0.6 is 0 Å². The highest BCUT2D eigenvalue weighted by Gasteiger charge is 2.09. The predicted octanol–water partition coefficient (Wildman–Crippen LogP) is 5.52. The average molecular weight is 281 g/mol. The SMILES string of the molecule is CCCN(CC)c1cccc(-c2c(C)cc(C)cc2C)c1. The maximum Gasteiger partial charge on any atom is 0.0372 e. The molecule has 0 fully saturated rings. The van der Waals surface area contributed by atoms with E-state index in [0.29, 0.717) is 0 Å². The summed E-state index contributed by atoms with van der Waals surface area (Å²) in [4.78, 5) is 2.45. The molecule has 0 aliphatic carbocycles. The topological polar surface area (TPSA) is 3.24 Å². The van der Waals surface area contributed by atoms with E-state index in [4.69, 9.17) is 0 Å². The minimum Gasteiger partial charge on any atom is -0.372 e. The van der Waals surface area contributed by atoms with Crippen molar-refractivity contribution < 1.29 is 0 Å². The normalized spacial score (nSPS) is 10.7. The second-order valence-electron chi connectivity index (χ2n) is 5.90. The molecule has 0 radical (unpaired) electrons. The number of nitrogens with zero attached hydrogens (tertiary/aromatic N) is 1. The second kappa shape index (κ2) is 6.80. The van der Waals surface area contributed by atoms with Gasteiger partial charge in [-0.25, -0.2) is 0 Å². The van der Waals surface area contributed by atoms with Crippen molar-refractivity contribution in [2.75, 3.05) is 18.0 Å². The Balaban J connectivity index is 2.47. The molecule has 0 saturated carbocycles. The molecular formula is C20H27N. The Bertz CT molecular complexity index is 590. The van der Waals surface area contributed by atoms with Gasteiger partial charge in [-0.05, 0) is 68.5 Å². The van der Waals surface area contributed by atoms with Gasteiger partial charge in [0.05, 0.1) is 0 Å². The molecule has 2 aromatic rings. The lowest BCUT2D eigenvalue weighted by atomic mass is 9.93. The Labute approximate surface area is 129 Å². The van der Waals surface area contributed by atoms with Crippen molar-refractivity contribution in [3.05, 3.63) is 53.1 Å². The van der Waals surface area contributed by atoms with E-state index in [1.807, 2.05) is 0 Å². The highest BCUT2D eigenvalue weighted by atomic mass is 15.1. The van der Waals surface area contributed by atoms with Crippen LogP contribution in [0.2, 0.25) is 0 Å². The van der Waals surface area contributed by atoms with Crippen molar-refractivity contribution in [1.29, 1.82) is 0 Å². The third-order valence-electron chi connectivity index (χ3n) is 4.05. The molecule has 1 nitrogen and oxygen atoms in total. The number of aryl methyl sites for hydroxylation is 3. The van der Waals surface area contributed by atoms with Crippen molar-refractivity contribution >= 4 is 5.69 Å². The van der Waals surface area contributed by atoms with Gasteiger partial charge < -0.3 is 4.90 Å². The van der Waals surface area contributed by atoms with Crippen molar-refractivity contribution in [1.82, 2.24) is 0 Å². The Morgan fingerprint density at radius 2 is 1.57 bits per heavy atom. The summed E-state index contributed by atoms with van der Waals surface area (Å²) < 4.78 is 0. The van der Waals surface area contributed by atoms with E-state index in [1.54, 1.807) is 0 Å². The maximum atomic E-state index is 2.45. The standard InChI is InChI=1S/C20H27N/c1-6-11-21(7-2)19-10-8-9-18(14-19)20-16(4)12-15(3)13-17(20)5/h8-10,12-14H,6-7,11H2,1-5H3. The molecule has 0 aliphatic rings. The molecule has 0 aliphatic heterocycles. The van der Waals surface area contributed by atoms with Crippen molar-refractivity contribution in [2.45, 2.75) is 41.0 Å². The minimum absolute atomic E-state index is 1.06. The zero-order valence-electron chi connectivity index (χ0n) is 14.0. The molecule has 0 bridgehead atoms. The highest BCUT2D eigenvalue weighted by molar-refractivity contribution is 5.74. The molecule has 2 rings (SSSR count). The van der Waals surface area contributed by atoms with Crippen molar-refractivity contribution in [3.63, 3.8) is 0 Å². The van der Waals surface area contributed by atoms with Crippen LogP contribution in [0.15, 0.2) is 36.4 Å². The first-order valence-electron chi connectivity index (χ1n) is 8.00. The van der Waals surface area contributed by atoms with Crippen molar-refractivity contribution in [3.8, 4) is 11.1 Å². The molecule has 0 atom stereocenters. The molecule has 2 aromatic carbocycles. The first kappa shape index (κ1) is 15.6. The van der Waals surface area contributed by atoms with Gasteiger partial charge in [0.2, 0.25) is 0 Å². The van der Waals surface area contributed by atoms with E-state index >= 15 is 0 Å². The molecule has 0 amide bonds. The van der Waals surface area contributed by atoms with Crippen LogP contribution in [-0.4, -0.2) is 13.1 Å². The van der Waals surface area contributed by atoms with Crippen LogP contribution < -0.4 is 4.90 Å². The fraction of sp³-hybridized carbons (Fsp3) is 0.400. The lowest BCUT2D eigenvalue weighted by molar-refractivity contribution is 0.792. The Morgan fingerprint density at radius 1 is 0.905 bits per heavy atom. The summed E-state index contributed by atoms with van der Waals surface area (Å²) in [6.45, 7) is 13.2. The van der Waals surface area contributed by atoms with Crippen LogP contribution in [0, 0.1) is 20.8 Å². The van der Waals surface area contributed by atoms with Gasteiger partial charge in [0.15, 0.2) is 0 Å². The smallest absolute Gasteiger partial charge is 0.0372 e. The number of anilines is 1. The molecule has 112 valence electrons. The van der Waals surface area contributed by atoms with E-state index in [1.165, 1.54) is 39.9 Å². The Morgan fingerprint density at radius 3 is 2.14 bits per heavy atom. The van der Waals surface area contributed by atoms with E-state index < -0.39 is 0 Å². The summed E-state index contributed by atoms with van der Waals surface area (Å²) in [5, 5.41) is 0. The summed E-state index contributed by atoms with van der Waals surface area (Å²) in [7, 11) is 0. The first-order chi connectivity index (χ1) is 10.1. The number of hydrogen-bond donors (Lipinski definition) is 0. The van der Waals surface area contributed by atoms with E-state index in [0.717, 1.165) is 13.1 Å². The minimum atomic E-state index is 1.06. The Kier molecular flexibility index (Phi) is 5.06. The van der Waals surface area contributed by atoms with Crippen LogP contribution in [0.4, 0.5) is 5.69 Å². The van der Waals surface area contributed by atoms with Gasteiger partial charge in [-0.2, -0.15) is 0 Å². The summed E-state index contributed by atoms with van der Waals surface area (Å²) >= 11 is 0. The molecular weight excluding hydrogens is 254 g/mol. The fourth-order valence-corrected chi connectivity index (χ4v) is 3.23. The van der Waals surface area contributed by atoms with Gasteiger partial charge in [0, 0.05) is 18.8 Å².